The average Bonchev–Trinajstić information content (AvgIpc) is 3.05. The van der Waals surface area contributed by atoms with Crippen LogP contribution >= 0.6 is 24.0 Å². The lowest BCUT2D eigenvalue weighted by molar-refractivity contribution is 0.210. The van der Waals surface area contributed by atoms with Gasteiger partial charge in [0.15, 0.2) is 11.7 Å². The van der Waals surface area contributed by atoms with Crippen molar-refractivity contribution in [2.45, 2.75) is 52.0 Å². The van der Waals surface area contributed by atoms with Gasteiger partial charge in [0, 0.05) is 32.1 Å². The molecule has 0 aliphatic carbocycles. The Morgan fingerprint density at radius 3 is 2.80 bits per heavy atom. The highest BCUT2D eigenvalue weighted by Gasteiger charge is 2.17. The van der Waals surface area contributed by atoms with Crippen LogP contribution in [0.5, 0.6) is 0 Å². The van der Waals surface area contributed by atoms with Crippen molar-refractivity contribution in [3.05, 3.63) is 17.5 Å². The standard InChI is InChI=1S/C18H33N5O.HI/c1-5-15(6-2)17-10-16(24-22-17)12-21-18(19-3)20-11-14-8-7-9-23(4)13-14;/h10,14-15H,5-9,11-13H2,1-4H3,(H2,19,20,21);1H. The zero-order chi connectivity index (χ0) is 17.4. The molecule has 2 rings (SSSR count). The molecule has 2 N–H and O–H groups in total. The molecule has 1 fully saturated rings. The summed E-state index contributed by atoms with van der Waals surface area (Å²) in [6.45, 7) is 8.32. The molecule has 144 valence electrons. The largest absolute Gasteiger partial charge is 0.359 e. The molecule has 1 saturated heterocycles. The van der Waals surface area contributed by atoms with Gasteiger partial charge in [0.2, 0.25) is 0 Å². The van der Waals surface area contributed by atoms with Crippen LogP contribution < -0.4 is 10.6 Å². The molecule has 0 aromatic carbocycles. The third-order valence-electron chi connectivity index (χ3n) is 4.91. The Labute approximate surface area is 169 Å². The molecule has 2 heterocycles. The second-order valence-electron chi connectivity index (χ2n) is 6.81. The Kier molecular flexibility index (Phi) is 10.4. The summed E-state index contributed by atoms with van der Waals surface area (Å²) in [6, 6.07) is 2.06. The molecular weight excluding hydrogens is 429 g/mol. The van der Waals surface area contributed by atoms with Crippen molar-refractivity contribution in [1.82, 2.24) is 20.7 Å². The van der Waals surface area contributed by atoms with E-state index in [0.717, 1.165) is 43.3 Å². The van der Waals surface area contributed by atoms with Crippen molar-refractivity contribution in [3.63, 3.8) is 0 Å². The minimum absolute atomic E-state index is 0. The van der Waals surface area contributed by atoms with E-state index in [0.29, 0.717) is 18.4 Å². The van der Waals surface area contributed by atoms with Crippen molar-refractivity contribution >= 4 is 29.9 Å². The van der Waals surface area contributed by atoms with Crippen LogP contribution in [-0.2, 0) is 6.54 Å². The normalized spacial score (nSPS) is 18.9. The van der Waals surface area contributed by atoms with Crippen LogP contribution in [0.3, 0.4) is 0 Å². The van der Waals surface area contributed by atoms with E-state index < -0.39 is 0 Å². The summed E-state index contributed by atoms with van der Waals surface area (Å²) in [6.07, 6.45) is 4.75. The number of nitrogens with one attached hydrogen (secondary N) is 2. The molecule has 0 saturated carbocycles. The Hall–Kier alpha value is -0.830. The van der Waals surface area contributed by atoms with Gasteiger partial charge in [-0.25, -0.2) is 0 Å². The summed E-state index contributed by atoms with van der Waals surface area (Å²) in [5, 5.41) is 11.0. The zero-order valence-corrected chi connectivity index (χ0v) is 18.4. The Morgan fingerprint density at radius 2 is 2.16 bits per heavy atom. The SMILES string of the molecule is CCC(CC)c1cc(CNC(=NC)NCC2CCCN(C)C2)on1.I. The first kappa shape index (κ1) is 22.2. The summed E-state index contributed by atoms with van der Waals surface area (Å²) >= 11 is 0. The van der Waals surface area contributed by atoms with Crippen LogP contribution in [0.4, 0.5) is 0 Å². The number of nitrogens with zero attached hydrogens (tertiary/aromatic N) is 3. The topological polar surface area (TPSA) is 65.7 Å². The number of hydrogen-bond acceptors (Lipinski definition) is 4. The summed E-state index contributed by atoms with van der Waals surface area (Å²) in [4.78, 5) is 6.70. The fraction of sp³-hybridized carbons (Fsp3) is 0.778. The lowest BCUT2D eigenvalue weighted by Gasteiger charge is -2.30. The van der Waals surface area contributed by atoms with Crippen LogP contribution in [0.1, 0.15) is 56.9 Å². The number of hydrogen-bond donors (Lipinski definition) is 2. The fourth-order valence-electron chi connectivity index (χ4n) is 3.38. The number of rotatable bonds is 7. The molecule has 25 heavy (non-hydrogen) atoms. The van der Waals surface area contributed by atoms with E-state index in [4.69, 9.17) is 4.52 Å². The number of aliphatic imine (C=N–C) groups is 1. The first-order chi connectivity index (χ1) is 11.7. The van der Waals surface area contributed by atoms with Gasteiger partial charge in [-0.3, -0.25) is 4.99 Å². The smallest absolute Gasteiger partial charge is 0.191 e. The van der Waals surface area contributed by atoms with Crippen LogP contribution in [0.25, 0.3) is 0 Å². The van der Waals surface area contributed by atoms with E-state index in [1.54, 1.807) is 7.05 Å². The van der Waals surface area contributed by atoms with Gasteiger partial charge in [-0.05, 0) is 45.2 Å². The highest BCUT2D eigenvalue weighted by Crippen LogP contribution is 2.22. The highest BCUT2D eigenvalue weighted by molar-refractivity contribution is 14.0. The van der Waals surface area contributed by atoms with Gasteiger partial charge in [-0.15, -0.1) is 24.0 Å². The quantitative estimate of drug-likeness (QED) is 0.370. The van der Waals surface area contributed by atoms with Gasteiger partial charge in [0.05, 0.1) is 12.2 Å². The van der Waals surface area contributed by atoms with E-state index >= 15 is 0 Å². The van der Waals surface area contributed by atoms with Crippen molar-refractivity contribution in [1.29, 1.82) is 0 Å². The predicted octanol–water partition coefficient (Wildman–Crippen LogP) is 3.20. The monoisotopic (exact) mass is 463 g/mol. The molecule has 1 aromatic heterocycles. The summed E-state index contributed by atoms with van der Waals surface area (Å²) in [5.74, 6) is 2.86. The molecule has 1 unspecified atom stereocenters. The number of likely N-dealkylation sites (tertiary alicyclic amines) is 1. The molecule has 1 atom stereocenters. The van der Waals surface area contributed by atoms with Gasteiger partial charge >= 0.3 is 0 Å². The molecule has 1 aliphatic rings. The van der Waals surface area contributed by atoms with E-state index in [1.807, 2.05) is 0 Å². The number of piperidine rings is 1. The van der Waals surface area contributed by atoms with Crippen molar-refractivity contribution in [2.24, 2.45) is 10.9 Å². The van der Waals surface area contributed by atoms with Gasteiger partial charge in [0.25, 0.3) is 0 Å². The summed E-state index contributed by atoms with van der Waals surface area (Å²) in [5.41, 5.74) is 1.06. The molecule has 0 spiro atoms. The molecule has 1 aromatic rings. The first-order valence-corrected chi connectivity index (χ1v) is 9.24. The second kappa shape index (κ2) is 11.7. The van der Waals surface area contributed by atoms with Gasteiger partial charge in [-0.1, -0.05) is 19.0 Å². The summed E-state index contributed by atoms with van der Waals surface area (Å²) < 4.78 is 5.45. The minimum Gasteiger partial charge on any atom is -0.359 e. The number of halogens is 1. The zero-order valence-electron chi connectivity index (χ0n) is 16.0. The predicted molar refractivity (Wildman–Crippen MR) is 114 cm³/mol. The first-order valence-electron chi connectivity index (χ1n) is 9.24. The molecule has 0 bridgehead atoms. The highest BCUT2D eigenvalue weighted by atomic mass is 127. The van der Waals surface area contributed by atoms with Gasteiger partial charge in [-0.2, -0.15) is 0 Å². The Bertz CT molecular complexity index is 515. The van der Waals surface area contributed by atoms with Crippen LogP contribution in [0.2, 0.25) is 0 Å². The number of guanidine groups is 1. The van der Waals surface area contributed by atoms with Crippen LogP contribution in [0.15, 0.2) is 15.6 Å². The Morgan fingerprint density at radius 1 is 1.40 bits per heavy atom. The van der Waals surface area contributed by atoms with Gasteiger partial charge < -0.3 is 20.1 Å². The van der Waals surface area contributed by atoms with E-state index in [9.17, 15) is 0 Å². The lowest BCUT2D eigenvalue weighted by atomic mass is 9.99. The molecule has 0 amide bonds. The van der Waals surface area contributed by atoms with Crippen molar-refractivity contribution in [2.75, 3.05) is 33.7 Å². The third kappa shape index (κ3) is 7.13. The fourth-order valence-corrected chi connectivity index (χ4v) is 3.38. The van der Waals surface area contributed by atoms with E-state index in [1.165, 1.54) is 19.4 Å². The van der Waals surface area contributed by atoms with Crippen molar-refractivity contribution in [3.8, 4) is 0 Å². The molecule has 6 nitrogen and oxygen atoms in total. The maximum absolute atomic E-state index is 5.45. The van der Waals surface area contributed by atoms with E-state index in [2.05, 4.69) is 52.6 Å². The molecule has 1 aliphatic heterocycles. The van der Waals surface area contributed by atoms with E-state index in [-0.39, 0.29) is 24.0 Å². The minimum atomic E-state index is 0. The van der Waals surface area contributed by atoms with Gasteiger partial charge in [0.1, 0.15) is 0 Å². The molecular formula is C18H34IN5O. The lowest BCUT2D eigenvalue weighted by Crippen LogP contribution is -2.43. The number of aromatic nitrogens is 1. The average molecular weight is 463 g/mol. The second-order valence-corrected chi connectivity index (χ2v) is 6.81. The van der Waals surface area contributed by atoms with Crippen LogP contribution in [0, 0.1) is 5.92 Å². The maximum Gasteiger partial charge on any atom is 0.191 e. The van der Waals surface area contributed by atoms with Crippen LogP contribution in [-0.4, -0.2) is 49.7 Å². The maximum atomic E-state index is 5.45. The summed E-state index contributed by atoms with van der Waals surface area (Å²) in [7, 11) is 4.00. The van der Waals surface area contributed by atoms with Crippen molar-refractivity contribution < 1.29 is 4.52 Å². The molecule has 7 heteroatoms. The third-order valence-corrected chi connectivity index (χ3v) is 4.91. The Balaban J connectivity index is 0.00000312. The molecule has 0 radical (unpaired) electrons.